The average molecular weight is 303 g/mol. The zero-order valence-corrected chi connectivity index (χ0v) is 12.3. The number of fused-ring (bicyclic) bond motifs is 1. The van der Waals surface area contributed by atoms with Gasteiger partial charge >= 0.3 is 0 Å². The molecule has 2 atom stereocenters. The van der Waals surface area contributed by atoms with Gasteiger partial charge in [0.05, 0.1) is 6.10 Å². The van der Waals surface area contributed by atoms with Gasteiger partial charge in [0.15, 0.2) is 11.5 Å². The molecule has 2 aromatic carbocycles. The molecular weight excluding hydrogens is 285 g/mol. The Morgan fingerprint density at radius 2 is 1.95 bits per heavy atom. The highest BCUT2D eigenvalue weighted by atomic mass is 19.1. The van der Waals surface area contributed by atoms with E-state index in [1.807, 2.05) is 25.1 Å². The molecule has 5 heteroatoms. The zero-order chi connectivity index (χ0) is 15.5. The molecule has 0 bridgehead atoms. The molecule has 2 N–H and O–H groups in total. The lowest BCUT2D eigenvalue weighted by molar-refractivity contribution is 0.135. The van der Waals surface area contributed by atoms with Gasteiger partial charge in [-0.3, -0.25) is 0 Å². The summed E-state index contributed by atoms with van der Waals surface area (Å²) in [5.41, 5.74) is 1.66. The SMILES string of the molecule is CC(NCc1cccc2c1OCO2)C(O)c1ccc(F)cc1. The summed E-state index contributed by atoms with van der Waals surface area (Å²) in [6, 6.07) is 11.4. The second-order valence-corrected chi connectivity index (χ2v) is 5.32. The van der Waals surface area contributed by atoms with Crippen molar-refractivity contribution < 1.29 is 19.0 Å². The largest absolute Gasteiger partial charge is 0.454 e. The van der Waals surface area contributed by atoms with E-state index in [9.17, 15) is 9.50 Å². The fraction of sp³-hybridized carbons (Fsp3) is 0.294. The van der Waals surface area contributed by atoms with Crippen molar-refractivity contribution in [1.29, 1.82) is 0 Å². The second kappa shape index (κ2) is 6.34. The lowest BCUT2D eigenvalue weighted by Gasteiger charge is -2.21. The third-order valence-electron chi connectivity index (χ3n) is 3.78. The highest BCUT2D eigenvalue weighted by Crippen LogP contribution is 2.35. The number of aliphatic hydroxyl groups excluding tert-OH is 1. The smallest absolute Gasteiger partial charge is 0.231 e. The molecule has 22 heavy (non-hydrogen) atoms. The molecule has 1 aliphatic heterocycles. The maximum absolute atomic E-state index is 12.9. The van der Waals surface area contributed by atoms with Gasteiger partial charge in [0.2, 0.25) is 6.79 Å². The summed E-state index contributed by atoms with van der Waals surface area (Å²) < 4.78 is 23.7. The van der Waals surface area contributed by atoms with Crippen molar-refractivity contribution in [2.75, 3.05) is 6.79 Å². The van der Waals surface area contributed by atoms with Crippen LogP contribution in [0.25, 0.3) is 0 Å². The summed E-state index contributed by atoms with van der Waals surface area (Å²) in [5.74, 6) is 1.18. The van der Waals surface area contributed by atoms with Crippen LogP contribution < -0.4 is 14.8 Å². The minimum absolute atomic E-state index is 0.191. The molecular formula is C17H18FNO3. The van der Waals surface area contributed by atoms with Gasteiger partial charge in [-0.2, -0.15) is 0 Å². The van der Waals surface area contributed by atoms with Gasteiger partial charge in [0.25, 0.3) is 0 Å². The van der Waals surface area contributed by atoms with Crippen molar-refractivity contribution in [1.82, 2.24) is 5.32 Å². The fourth-order valence-electron chi connectivity index (χ4n) is 2.46. The first kappa shape index (κ1) is 14.8. The van der Waals surface area contributed by atoms with Gasteiger partial charge in [-0.25, -0.2) is 4.39 Å². The number of hydrogen-bond acceptors (Lipinski definition) is 4. The molecule has 0 amide bonds. The summed E-state index contributed by atoms with van der Waals surface area (Å²) in [7, 11) is 0. The Balaban J connectivity index is 1.64. The lowest BCUT2D eigenvalue weighted by Crippen LogP contribution is -2.31. The number of halogens is 1. The normalized spacial score (nSPS) is 15.6. The minimum Gasteiger partial charge on any atom is -0.454 e. The number of benzene rings is 2. The Bertz CT molecular complexity index is 645. The molecule has 0 aliphatic carbocycles. The highest BCUT2D eigenvalue weighted by molar-refractivity contribution is 5.48. The van der Waals surface area contributed by atoms with E-state index in [-0.39, 0.29) is 18.7 Å². The van der Waals surface area contributed by atoms with Crippen molar-refractivity contribution in [3.05, 3.63) is 59.4 Å². The van der Waals surface area contributed by atoms with Crippen molar-refractivity contribution in [3.63, 3.8) is 0 Å². The summed E-state index contributed by atoms with van der Waals surface area (Å²) >= 11 is 0. The monoisotopic (exact) mass is 303 g/mol. The zero-order valence-electron chi connectivity index (χ0n) is 12.3. The first-order chi connectivity index (χ1) is 10.6. The van der Waals surface area contributed by atoms with Crippen LogP contribution in [0.1, 0.15) is 24.2 Å². The van der Waals surface area contributed by atoms with E-state index in [0.717, 1.165) is 17.1 Å². The van der Waals surface area contributed by atoms with Gasteiger partial charge in [0.1, 0.15) is 5.82 Å². The molecule has 116 valence electrons. The standard InChI is InChI=1S/C17H18FNO3/c1-11(16(20)12-5-7-14(18)8-6-12)19-9-13-3-2-4-15-17(13)22-10-21-15/h2-8,11,16,19-20H,9-10H2,1H3. The molecule has 0 saturated carbocycles. The first-order valence-electron chi connectivity index (χ1n) is 7.19. The topological polar surface area (TPSA) is 50.7 Å². The van der Waals surface area contributed by atoms with Crippen LogP contribution in [0.5, 0.6) is 11.5 Å². The van der Waals surface area contributed by atoms with Crippen molar-refractivity contribution in [2.24, 2.45) is 0 Å². The summed E-state index contributed by atoms with van der Waals surface area (Å²) in [6.45, 7) is 2.67. The van der Waals surface area contributed by atoms with Crippen molar-refractivity contribution >= 4 is 0 Å². The van der Waals surface area contributed by atoms with Crippen LogP contribution in [0.2, 0.25) is 0 Å². The van der Waals surface area contributed by atoms with Gasteiger partial charge in [0, 0.05) is 18.2 Å². The predicted molar refractivity (Wildman–Crippen MR) is 80.2 cm³/mol. The van der Waals surface area contributed by atoms with Gasteiger partial charge < -0.3 is 19.9 Å². The molecule has 0 radical (unpaired) electrons. The molecule has 2 unspecified atom stereocenters. The molecule has 1 aliphatic rings. The predicted octanol–water partition coefficient (Wildman–Crippen LogP) is 2.77. The number of ether oxygens (including phenoxy) is 2. The number of aliphatic hydroxyl groups is 1. The highest BCUT2D eigenvalue weighted by Gasteiger charge is 2.20. The van der Waals surface area contributed by atoms with Crippen molar-refractivity contribution in [2.45, 2.75) is 25.6 Å². The molecule has 3 rings (SSSR count). The van der Waals surface area contributed by atoms with Gasteiger partial charge in [-0.15, -0.1) is 0 Å². The van der Waals surface area contributed by atoms with E-state index in [4.69, 9.17) is 9.47 Å². The third-order valence-corrected chi connectivity index (χ3v) is 3.78. The number of para-hydroxylation sites is 1. The Kier molecular flexibility index (Phi) is 4.27. The summed E-state index contributed by atoms with van der Waals surface area (Å²) in [6.07, 6.45) is -0.713. The van der Waals surface area contributed by atoms with E-state index in [2.05, 4.69) is 5.32 Å². The third kappa shape index (κ3) is 3.05. The quantitative estimate of drug-likeness (QED) is 0.892. The van der Waals surface area contributed by atoms with E-state index in [1.165, 1.54) is 12.1 Å². The van der Waals surface area contributed by atoms with E-state index in [0.29, 0.717) is 12.1 Å². The molecule has 2 aromatic rings. The molecule has 1 heterocycles. The van der Waals surface area contributed by atoms with E-state index in [1.54, 1.807) is 12.1 Å². The number of nitrogens with one attached hydrogen (secondary N) is 1. The van der Waals surface area contributed by atoms with Crippen LogP contribution in [0.3, 0.4) is 0 Å². The summed E-state index contributed by atoms with van der Waals surface area (Å²) in [5, 5.41) is 13.6. The molecule has 0 saturated heterocycles. The Morgan fingerprint density at radius 1 is 1.18 bits per heavy atom. The maximum Gasteiger partial charge on any atom is 0.231 e. The van der Waals surface area contributed by atoms with Crippen LogP contribution in [0.15, 0.2) is 42.5 Å². The fourth-order valence-corrected chi connectivity index (χ4v) is 2.46. The van der Waals surface area contributed by atoms with E-state index >= 15 is 0 Å². The Hall–Kier alpha value is -2.11. The van der Waals surface area contributed by atoms with Crippen LogP contribution in [0.4, 0.5) is 4.39 Å². The molecule has 0 fully saturated rings. The first-order valence-corrected chi connectivity index (χ1v) is 7.19. The lowest BCUT2D eigenvalue weighted by atomic mass is 10.0. The van der Waals surface area contributed by atoms with E-state index < -0.39 is 6.10 Å². The second-order valence-electron chi connectivity index (χ2n) is 5.32. The van der Waals surface area contributed by atoms with Crippen molar-refractivity contribution in [3.8, 4) is 11.5 Å². The molecule has 0 spiro atoms. The van der Waals surface area contributed by atoms with Crippen LogP contribution >= 0.6 is 0 Å². The van der Waals surface area contributed by atoms with Gasteiger partial charge in [-0.1, -0.05) is 24.3 Å². The van der Waals surface area contributed by atoms with Crippen LogP contribution in [-0.4, -0.2) is 17.9 Å². The Morgan fingerprint density at radius 3 is 2.73 bits per heavy atom. The van der Waals surface area contributed by atoms with Crippen LogP contribution in [0, 0.1) is 5.82 Å². The maximum atomic E-state index is 12.9. The number of hydrogen-bond donors (Lipinski definition) is 2. The minimum atomic E-state index is -0.713. The van der Waals surface area contributed by atoms with Gasteiger partial charge in [-0.05, 0) is 30.7 Å². The average Bonchev–Trinajstić information content (AvgIpc) is 3.01. The van der Waals surface area contributed by atoms with Crippen LogP contribution in [-0.2, 0) is 6.54 Å². The molecule has 0 aromatic heterocycles. The Labute approximate surface area is 128 Å². The molecule has 4 nitrogen and oxygen atoms in total. The summed E-state index contributed by atoms with van der Waals surface area (Å²) in [4.78, 5) is 0. The number of rotatable bonds is 5.